The van der Waals surface area contributed by atoms with E-state index in [2.05, 4.69) is 76.5 Å². The fraction of sp³-hybridized carbons (Fsp3) is 0.381. The smallest absolute Gasteiger partial charge is 0.192 e. The first-order valence-corrected chi connectivity index (χ1v) is 10.4. The molecule has 0 aliphatic heterocycles. The second kappa shape index (κ2) is 9.50. The Morgan fingerprint density at radius 1 is 1.14 bits per heavy atom. The molecule has 0 bridgehead atoms. The van der Waals surface area contributed by atoms with Gasteiger partial charge < -0.3 is 15.2 Å². The maximum absolute atomic E-state index is 4.76. The SMILES string of the molecule is Cc1nnc(CN=C(NCC(C)c2cccs2)NC(C)c2ccccc2)n1C. The number of guanidine groups is 1. The lowest BCUT2D eigenvalue weighted by atomic mass is 10.1. The van der Waals surface area contributed by atoms with E-state index in [1.807, 2.05) is 24.6 Å². The Morgan fingerprint density at radius 3 is 2.57 bits per heavy atom. The van der Waals surface area contributed by atoms with Gasteiger partial charge in [-0.25, -0.2) is 4.99 Å². The van der Waals surface area contributed by atoms with Crippen LogP contribution in [0.3, 0.4) is 0 Å². The molecule has 2 aromatic heterocycles. The topological polar surface area (TPSA) is 67.1 Å². The zero-order valence-corrected chi connectivity index (χ0v) is 17.7. The highest BCUT2D eigenvalue weighted by molar-refractivity contribution is 7.10. The second-order valence-electron chi connectivity index (χ2n) is 6.96. The van der Waals surface area contributed by atoms with Crippen molar-refractivity contribution >= 4 is 17.3 Å². The number of aromatic nitrogens is 3. The van der Waals surface area contributed by atoms with E-state index < -0.39 is 0 Å². The number of nitrogens with zero attached hydrogens (tertiary/aromatic N) is 4. The number of nitrogens with one attached hydrogen (secondary N) is 2. The molecule has 7 heteroatoms. The molecule has 0 amide bonds. The lowest BCUT2D eigenvalue weighted by molar-refractivity contribution is 0.654. The third-order valence-corrected chi connectivity index (χ3v) is 5.92. The molecule has 2 N–H and O–H groups in total. The average molecular weight is 397 g/mol. The molecule has 2 unspecified atom stereocenters. The molecule has 0 saturated heterocycles. The summed E-state index contributed by atoms with van der Waals surface area (Å²) in [4.78, 5) is 6.13. The predicted octanol–water partition coefficient (Wildman–Crippen LogP) is 3.79. The van der Waals surface area contributed by atoms with Crippen LogP contribution in [0, 0.1) is 6.92 Å². The van der Waals surface area contributed by atoms with Gasteiger partial charge in [-0.15, -0.1) is 21.5 Å². The number of rotatable bonds is 7. The van der Waals surface area contributed by atoms with Gasteiger partial charge in [0.2, 0.25) is 0 Å². The number of aryl methyl sites for hydroxylation is 1. The van der Waals surface area contributed by atoms with Gasteiger partial charge in [0.15, 0.2) is 11.8 Å². The Labute approximate surface area is 170 Å². The first-order chi connectivity index (χ1) is 13.5. The Hall–Kier alpha value is -2.67. The summed E-state index contributed by atoms with van der Waals surface area (Å²) in [7, 11) is 1.96. The van der Waals surface area contributed by atoms with Gasteiger partial charge in [0.1, 0.15) is 12.4 Å². The predicted molar refractivity (Wildman–Crippen MR) is 116 cm³/mol. The molecule has 3 aromatic rings. The van der Waals surface area contributed by atoms with E-state index in [1.165, 1.54) is 10.4 Å². The van der Waals surface area contributed by atoms with Gasteiger partial charge in [-0.2, -0.15) is 0 Å². The molecule has 0 aliphatic rings. The lowest BCUT2D eigenvalue weighted by Gasteiger charge is -2.20. The number of aliphatic imine (C=N–C) groups is 1. The van der Waals surface area contributed by atoms with Crippen molar-refractivity contribution in [1.29, 1.82) is 0 Å². The molecule has 1 aromatic carbocycles. The van der Waals surface area contributed by atoms with Crippen LogP contribution >= 0.6 is 11.3 Å². The third-order valence-electron chi connectivity index (χ3n) is 4.82. The van der Waals surface area contributed by atoms with Crippen LogP contribution in [0.1, 0.15) is 47.9 Å². The molecule has 0 radical (unpaired) electrons. The van der Waals surface area contributed by atoms with Crippen LogP contribution in [-0.4, -0.2) is 27.3 Å². The van der Waals surface area contributed by atoms with Gasteiger partial charge in [-0.3, -0.25) is 0 Å². The lowest BCUT2D eigenvalue weighted by Crippen LogP contribution is -2.40. The summed E-state index contributed by atoms with van der Waals surface area (Å²) in [6.45, 7) is 7.59. The van der Waals surface area contributed by atoms with Crippen molar-refractivity contribution in [3.05, 3.63) is 69.9 Å². The molecule has 0 spiro atoms. The summed E-state index contributed by atoms with van der Waals surface area (Å²) in [6.07, 6.45) is 0. The highest BCUT2D eigenvalue weighted by atomic mass is 32.1. The molecule has 3 rings (SSSR count). The third kappa shape index (κ3) is 5.19. The number of benzene rings is 1. The summed E-state index contributed by atoms with van der Waals surface area (Å²) in [6, 6.07) is 14.8. The minimum atomic E-state index is 0.144. The summed E-state index contributed by atoms with van der Waals surface area (Å²) in [5, 5.41) is 17.5. The van der Waals surface area contributed by atoms with E-state index in [9.17, 15) is 0 Å². The Bertz CT molecular complexity index is 885. The van der Waals surface area contributed by atoms with E-state index in [1.54, 1.807) is 11.3 Å². The number of thiophene rings is 1. The van der Waals surface area contributed by atoms with Crippen LogP contribution in [0.5, 0.6) is 0 Å². The fourth-order valence-electron chi connectivity index (χ4n) is 2.84. The summed E-state index contributed by atoms with van der Waals surface area (Å²) in [5.74, 6) is 2.92. The molecule has 6 nitrogen and oxygen atoms in total. The first-order valence-electron chi connectivity index (χ1n) is 9.52. The minimum absolute atomic E-state index is 0.144. The molecule has 28 heavy (non-hydrogen) atoms. The van der Waals surface area contributed by atoms with Crippen LogP contribution < -0.4 is 10.6 Å². The molecular weight excluding hydrogens is 368 g/mol. The maximum Gasteiger partial charge on any atom is 0.192 e. The van der Waals surface area contributed by atoms with Crippen LogP contribution in [0.15, 0.2) is 52.8 Å². The molecule has 2 atom stereocenters. The summed E-state index contributed by atoms with van der Waals surface area (Å²) >= 11 is 1.79. The van der Waals surface area contributed by atoms with Crippen molar-refractivity contribution < 1.29 is 0 Å². The van der Waals surface area contributed by atoms with Crippen LogP contribution in [0.4, 0.5) is 0 Å². The normalized spacial score (nSPS) is 13.9. The van der Waals surface area contributed by atoms with Crippen LogP contribution in [0.2, 0.25) is 0 Å². The van der Waals surface area contributed by atoms with E-state index in [-0.39, 0.29) is 6.04 Å². The number of hydrogen-bond acceptors (Lipinski definition) is 4. The standard InChI is InChI=1S/C21H28N6S/c1-15(19-11-8-12-28-19)13-22-21(23-14-20-26-25-17(3)27(20)4)24-16(2)18-9-6-5-7-10-18/h5-12,15-16H,13-14H2,1-4H3,(H2,22,23,24). The first kappa shape index (κ1) is 20.1. The van der Waals surface area contributed by atoms with Crippen molar-refractivity contribution in [3.8, 4) is 0 Å². The monoisotopic (exact) mass is 396 g/mol. The second-order valence-corrected chi connectivity index (χ2v) is 7.94. The van der Waals surface area contributed by atoms with Gasteiger partial charge >= 0.3 is 0 Å². The molecule has 0 fully saturated rings. The van der Waals surface area contributed by atoms with Crippen molar-refractivity contribution in [2.24, 2.45) is 12.0 Å². The molecule has 2 heterocycles. The zero-order chi connectivity index (χ0) is 19.9. The van der Waals surface area contributed by atoms with Crippen molar-refractivity contribution in [1.82, 2.24) is 25.4 Å². The van der Waals surface area contributed by atoms with E-state index >= 15 is 0 Å². The van der Waals surface area contributed by atoms with Crippen LogP contribution in [-0.2, 0) is 13.6 Å². The molecule has 148 valence electrons. The summed E-state index contributed by atoms with van der Waals surface area (Å²) < 4.78 is 1.97. The van der Waals surface area contributed by atoms with Gasteiger partial charge in [-0.05, 0) is 30.9 Å². The zero-order valence-electron chi connectivity index (χ0n) is 16.9. The van der Waals surface area contributed by atoms with Crippen molar-refractivity contribution in [3.63, 3.8) is 0 Å². The Kier molecular flexibility index (Phi) is 6.81. The summed E-state index contributed by atoms with van der Waals surface area (Å²) in [5.41, 5.74) is 1.22. The highest BCUT2D eigenvalue weighted by Crippen LogP contribution is 2.19. The molecule has 0 saturated carbocycles. The fourth-order valence-corrected chi connectivity index (χ4v) is 3.63. The quantitative estimate of drug-likeness (QED) is 0.471. The largest absolute Gasteiger partial charge is 0.356 e. The van der Waals surface area contributed by atoms with Gasteiger partial charge in [-0.1, -0.05) is 43.3 Å². The van der Waals surface area contributed by atoms with E-state index in [4.69, 9.17) is 4.99 Å². The average Bonchev–Trinajstić information content (AvgIpc) is 3.36. The maximum atomic E-state index is 4.76. The van der Waals surface area contributed by atoms with Gasteiger partial charge in [0.05, 0.1) is 6.04 Å². The molecular formula is C21H28N6S. The van der Waals surface area contributed by atoms with Crippen molar-refractivity contribution in [2.75, 3.05) is 6.54 Å². The van der Waals surface area contributed by atoms with Crippen LogP contribution in [0.25, 0.3) is 0 Å². The Morgan fingerprint density at radius 2 is 1.93 bits per heavy atom. The molecule has 0 aliphatic carbocycles. The number of hydrogen-bond donors (Lipinski definition) is 2. The highest BCUT2D eigenvalue weighted by Gasteiger charge is 2.12. The van der Waals surface area contributed by atoms with Crippen molar-refractivity contribution in [2.45, 2.75) is 39.3 Å². The minimum Gasteiger partial charge on any atom is -0.356 e. The van der Waals surface area contributed by atoms with Gasteiger partial charge in [0, 0.05) is 24.4 Å². The van der Waals surface area contributed by atoms with E-state index in [0.29, 0.717) is 12.5 Å². The van der Waals surface area contributed by atoms with E-state index in [0.717, 1.165) is 24.2 Å². The van der Waals surface area contributed by atoms with Gasteiger partial charge in [0.25, 0.3) is 0 Å². The Balaban J connectivity index is 1.70.